The van der Waals surface area contributed by atoms with Crippen LogP contribution in [-0.4, -0.2) is 26.5 Å². The molecule has 0 amide bonds. The molecule has 1 N–H and O–H groups in total. The molecule has 118 valence electrons. The van der Waals surface area contributed by atoms with Gasteiger partial charge in [-0.25, -0.2) is 4.68 Å². The first-order valence-electron chi connectivity index (χ1n) is 8.01. The van der Waals surface area contributed by atoms with Gasteiger partial charge in [0.05, 0.1) is 11.7 Å². The summed E-state index contributed by atoms with van der Waals surface area (Å²) >= 11 is 0. The number of hydrogen-bond donors (Lipinski definition) is 1. The molecule has 1 aliphatic rings. The van der Waals surface area contributed by atoms with E-state index < -0.39 is 0 Å². The molecule has 0 bridgehead atoms. The summed E-state index contributed by atoms with van der Waals surface area (Å²) in [5.41, 5.74) is 1.85. The van der Waals surface area contributed by atoms with Gasteiger partial charge in [-0.1, -0.05) is 30.6 Å². The van der Waals surface area contributed by atoms with Crippen LogP contribution in [0.5, 0.6) is 0 Å². The quantitative estimate of drug-likeness (QED) is 0.802. The van der Waals surface area contributed by atoms with E-state index in [1.807, 2.05) is 41.2 Å². The summed E-state index contributed by atoms with van der Waals surface area (Å²) in [5.74, 6) is 1.96. The number of rotatable bonds is 4. The van der Waals surface area contributed by atoms with Crippen LogP contribution in [-0.2, 0) is 0 Å². The van der Waals surface area contributed by atoms with E-state index in [0.29, 0.717) is 17.6 Å². The van der Waals surface area contributed by atoms with Crippen LogP contribution in [0, 0.1) is 5.92 Å². The Balaban J connectivity index is 1.65. The molecular weight excluding hydrogens is 290 g/mol. The van der Waals surface area contributed by atoms with Gasteiger partial charge in [0.15, 0.2) is 0 Å². The number of aromatic nitrogens is 4. The molecule has 0 spiro atoms. The fourth-order valence-corrected chi connectivity index (χ4v) is 3.07. The second kappa shape index (κ2) is 5.96. The van der Waals surface area contributed by atoms with Gasteiger partial charge in [0.25, 0.3) is 0 Å². The van der Waals surface area contributed by atoms with Gasteiger partial charge in [-0.05, 0) is 37.1 Å². The molecule has 2 atom stereocenters. The summed E-state index contributed by atoms with van der Waals surface area (Å²) in [6, 6.07) is 10.00. The molecule has 3 heterocycles. The second-order valence-electron chi connectivity index (χ2n) is 5.89. The molecule has 0 unspecified atom stereocenters. The standard InChI is InChI=1S/C17H19N5O/c1-2-12-10-14(18-11-12)17-20-16(21-23-17)13-6-3-4-7-15(13)22-9-5-8-19-22/h3-9,12,14,18H,2,10-11H2,1H3/t12-,14-/m0/s1. The van der Waals surface area contributed by atoms with Crippen LogP contribution < -0.4 is 5.32 Å². The lowest BCUT2D eigenvalue weighted by atomic mass is 10.0. The van der Waals surface area contributed by atoms with Crippen LogP contribution in [0.4, 0.5) is 0 Å². The van der Waals surface area contributed by atoms with Crippen LogP contribution >= 0.6 is 0 Å². The number of nitrogens with zero attached hydrogens (tertiary/aromatic N) is 4. The van der Waals surface area contributed by atoms with Crippen LogP contribution in [0.1, 0.15) is 31.7 Å². The Labute approximate surface area is 134 Å². The third-order valence-corrected chi connectivity index (χ3v) is 4.44. The first kappa shape index (κ1) is 14.1. The Bertz CT molecular complexity index is 780. The Hall–Kier alpha value is -2.47. The number of hydrogen-bond acceptors (Lipinski definition) is 5. The van der Waals surface area contributed by atoms with Gasteiger partial charge < -0.3 is 9.84 Å². The largest absolute Gasteiger partial charge is 0.337 e. The maximum atomic E-state index is 5.51. The van der Waals surface area contributed by atoms with E-state index in [0.717, 1.165) is 24.2 Å². The van der Waals surface area contributed by atoms with Gasteiger partial charge in [-0.2, -0.15) is 10.1 Å². The van der Waals surface area contributed by atoms with E-state index in [9.17, 15) is 0 Å². The molecule has 1 saturated heterocycles. The normalized spacial score (nSPS) is 20.9. The van der Waals surface area contributed by atoms with Gasteiger partial charge in [0.1, 0.15) is 0 Å². The van der Waals surface area contributed by atoms with Crippen molar-refractivity contribution in [3.05, 3.63) is 48.6 Å². The Morgan fingerprint density at radius 1 is 1.30 bits per heavy atom. The van der Waals surface area contributed by atoms with Crippen molar-refractivity contribution in [3.8, 4) is 17.1 Å². The van der Waals surface area contributed by atoms with Crippen LogP contribution in [0.3, 0.4) is 0 Å². The minimum absolute atomic E-state index is 0.165. The van der Waals surface area contributed by atoms with Crippen molar-refractivity contribution in [2.75, 3.05) is 6.54 Å². The Morgan fingerprint density at radius 3 is 3.00 bits per heavy atom. The van der Waals surface area contributed by atoms with Crippen molar-refractivity contribution in [2.24, 2.45) is 5.92 Å². The summed E-state index contributed by atoms with van der Waals surface area (Å²) < 4.78 is 7.33. The highest BCUT2D eigenvalue weighted by Crippen LogP contribution is 2.30. The minimum atomic E-state index is 0.165. The molecule has 3 aromatic rings. The van der Waals surface area contributed by atoms with Gasteiger partial charge in [-0.3, -0.25) is 0 Å². The molecule has 0 saturated carbocycles. The fourth-order valence-electron chi connectivity index (χ4n) is 3.07. The van der Waals surface area contributed by atoms with Gasteiger partial charge in [0.2, 0.25) is 11.7 Å². The molecule has 0 aliphatic carbocycles. The molecule has 6 nitrogen and oxygen atoms in total. The predicted molar refractivity (Wildman–Crippen MR) is 86.0 cm³/mol. The van der Waals surface area contributed by atoms with Gasteiger partial charge in [-0.15, -0.1) is 0 Å². The maximum Gasteiger partial charge on any atom is 0.244 e. The number of nitrogens with one attached hydrogen (secondary N) is 1. The average molecular weight is 309 g/mol. The van der Waals surface area contributed by atoms with Crippen molar-refractivity contribution < 1.29 is 4.52 Å². The van der Waals surface area contributed by atoms with Crippen LogP contribution in [0.2, 0.25) is 0 Å². The highest BCUT2D eigenvalue weighted by molar-refractivity contribution is 5.66. The van der Waals surface area contributed by atoms with E-state index in [2.05, 4.69) is 27.5 Å². The summed E-state index contributed by atoms with van der Waals surface area (Å²) in [5, 5.41) is 11.9. The molecule has 4 rings (SSSR count). The molecule has 1 aliphatic heterocycles. The monoisotopic (exact) mass is 309 g/mol. The Kier molecular flexibility index (Phi) is 3.67. The third-order valence-electron chi connectivity index (χ3n) is 4.44. The lowest BCUT2D eigenvalue weighted by molar-refractivity contribution is 0.341. The molecule has 6 heteroatoms. The van der Waals surface area contributed by atoms with Crippen molar-refractivity contribution >= 4 is 0 Å². The lowest BCUT2D eigenvalue weighted by Crippen LogP contribution is -2.13. The molecule has 2 aromatic heterocycles. The van der Waals surface area contributed by atoms with E-state index in [1.54, 1.807) is 6.20 Å². The maximum absolute atomic E-state index is 5.51. The van der Waals surface area contributed by atoms with Gasteiger partial charge in [0, 0.05) is 18.0 Å². The van der Waals surface area contributed by atoms with Crippen molar-refractivity contribution in [2.45, 2.75) is 25.8 Å². The van der Waals surface area contributed by atoms with Crippen LogP contribution in [0.25, 0.3) is 17.1 Å². The van der Waals surface area contributed by atoms with E-state index in [-0.39, 0.29) is 6.04 Å². The summed E-state index contributed by atoms with van der Waals surface area (Å²) in [7, 11) is 0. The zero-order valence-electron chi connectivity index (χ0n) is 13.0. The summed E-state index contributed by atoms with van der Waals surface area (Å²) in [6.07, 6.45) is 5.89. The SMILES string of the molecule is CC[C@@H]1CN[C@H](c2nc(-c3ccccc3-n3cccn3)no2)C1. The smallest absolute Gasteiger partial charge is 0.244 e. The van der Waals surface area contributed by atoms with Crippen molar-refractivity contribution in [1.29, 1.82) is 0 Å². The van der Waals surface area contributed by atoms with E-state index in [4.69, 9.17) is 4.52 Å². The second-order valence-corrected chi connectivity index (χ2v) is 5.89. The lowest BCUT2D eigenvalue weighted by Gasteiger charge is -2.06. The first-order valence-corrected chi connectivity index (χ1v) is 8.01. The number of para-hydroxylation sites is 1. The predicted octanol–water partition coefficient (Wildman–Crippen LogP) is 2.98. The van der Waals surface area contributed by atoms with Crippen molar-refractivity contribution in [3.63, 3.8) is 0 Å². The zero-order chi connectivity index (χ0) is 15.6. The zero-order valence-corrected chi connectivity index (χ0v) is 13.0. The molecule has 0 radical (unpaired) electrons. The molecule has 23 heavy (non-hydrogen) atoms. The van der Waals surface area contributed by atoms with Crippen LogP contribution in [0.15, 0.2) is 47.2 Å². The molecule has 1 aromatic carbocycles. The molecule has 1 fully saturated rings. The molecular formula is C17H19N5O. The highest BCUT2D eigenvalue weighted by atomic mass is 16.5. The average Bonchev–Trinajstić information content (AvgIpc) is 3.34. The minimum Gasteiger partial charge on any atom is -0.337 e. The highest BCUT2D eigenvalue weighted by Gasteiger charge is 2.28. The van der Waals surface area contributed by atoms with Gasteiger partial charge >= 0.3 is 0 Å². The summed E-state index contributed by atoms with van der Waals surface area (Å²) in [4.78, 5) is 4.62. The summed E-state index contributed by atoms with van der Waals surface area (Å²) in [6.45, 7) is 3.23. The fraction of sp³-hybridized carbons (Fsp3) is 0.353. The van der Waals surface area contributed by atoms with Crippen molar-refractivity contribution in [1.82, 2.24) is 25.2 Å². The Morgan fingerprint density at radius 2 is 2.22 bits per heavy atom. The third kappa shape index (κ3) is 2.66. The van der Waals surface area contributed by atoms with E-state index >= 15 is 0 Å². The topological polar surface area (TPSA) is 68.8 Å². The number of benzene rings is 1. The van der Waals surface area contributed by atoms with E-state index in [1.165, 1.54) is 6.42 Å². The first-order chi connectivity index (χ1) is 11.3.